The zero-order chi connectivity index (χ0) is 20.8. The lowest BCUT2D eigenvalue weighted by Crippen LogP contribution is -2.58. The Labute approximate surface area is 184 Å². The summed E-state index contributed by atoms with van der Waals surface area (Å²) >= 11 is 0. The van der Waals surface area contributed by atoms with Crippen molar-refractivity contribution in [1.29, 1.82) is 0 Å². The number of rotatable bonds is 0. The molecule has 170 valence electrons. The standard InChI is InChI=1S/C27H45NO2/c1-15-4-7-25-16(2)18-5-6-19-20(22(18)14-28(25)13-15)11-23-21(19)12-26(30)24-10-17(29)8-9-27(23,24)3/h15-26,29-30H,4-14H2,1-3H3/t15-,16-,17+,18+,19+,20+,21+,22-,23-,24-,25+,26+,27-/m1/s1. The quantitative estimate of drug-likeness (QED) is 0.609. The highest BCUT2D eigenvalue weighted by atomic mass is 16.3. The molecule has 2 N–H and O–H groups in total. The van der Waals surface area contributed by atoms with Crippen LogP contribution in [0.3, 0.4) is 0 Å². The van der Waals surface area contributed by atoms with E-state index in [9.17, 15) is 10.2 Å². The summed E-state index contributed by atoms with van der Waals surface area (Å²) < 4.78 is 0. The van der Waals surface area contributed by atoms with E-state index in [4.69, 9.17) is 0 Å². The third-order valence-electron chi connectivity index (χ3n) is 12.0. The Morgan fingerprint density at radius 2 is 1.53 bits per heavy atom. The van der Waals surface area contributed by atoms with Gasteiger partial charge in [0.2, 0.25) is 0 Å². The molecule has 3 nitrogen and oxygen atoms in total. The minimum Gasteiger partial charge on any atom is -0.393 e. The van der Waals surface area contributed by atoms with Gasteiger partial charge in [-0.3, -0.25) is 4.90 Å². The van der Waals surface area contributed by atoms with Gasteiger partial charge in [-0.15, -0.1) is 0 Å². The average molecular weight is 416 g/mol. The Morgan fingerprint density at radius 1 is 0.733 bits per heavy atom. The Kier molecular flexibility index (Phi) is 4.91. The molecule has 0 spiro atoms. The van der Waals surface area contributed by atoms with Gasteiger partial charge in [-0.05, 0) is 116 Å². The highest BCUT2D eigenvalue weighted by Crippen LogP contribution is 2.67. The maximum atomic E-state index is 11.2. The lowest BCUT2D eigenvalue weighted by Gasteiger charge is -2.56. The normalized spacial score (nSPS) is 60.7. The molecule has 0 bridgehead atoms. The molecule has 3 heteroatoms. The molecule has 4 aliphatic carbocycles. The molecule has 0 aromatic rings. The summed E-state index contributed by atoms with van der Waals surface area (Å²) in [7, 11) is 0. The second-order valence-corrected chi connectivity index (χ2v) is 13.1. The van der Waals surface area contributed by atoms with Crippen molar-refractivity contribution in [3.05, 3.63) is 0 Å². The van der Waals surface area contributed by atoms with Crippen molar-refractivity contribution in [1.82, 2.24) is 4.90 Å². The predicted molar refractivity (Wildman–Crippen MR) is 120 cm³/mol. The van der Waals surface area contributed by atoms with Gasteiger partial charge in [0, 0.05) is 19.1 Å². The van der Waals surface area contributed by atoms with Gasteiger partial charge in [0.1, 0.15) is 0 Å². The molecule has 2 saturated heterocycles. The molecule has 0 aromatic heterocycles. The summed E-state index contributed by atoms with van der Waals surface area (Å²) in [6.45, 7) is 10.3. The molecule has 13 atom stereocenters. The van der Waals surface area contributed by atoms with E-state index in [0.29, 0.717) is 5.92 Å². The minimum atomic E-state index is -0.181. The van der Waals surface area contributed by atoms with E-state index in [1.165, 1.54) is 45.2 Å². The van der Waals surface area contributed by atoms with Gasteiger partial charge in [-0.2, -0.15) is 0 Å². The second kappa shape index (κ2) is 7.19. The first kappa shape index (κ1) is 20.5. The van der Waals surface area contributed by atoms with Crippen LogP contribution < -0.4 is 0 Å². The highest BCUT2D eigenvalue weighted by Gasteiger charge is 2.62. The van der Waals surface area contributed by atoms with Crippen LogP contribution in [0.2, 0.25) is 0 Å². The third-order valence-corrected chi connectivity index (χ3v) is 12.0. The molecule has 6 aliphatic rings. The van der Waals surface area contributed by atoms with Gasteiger partial charge >= 0.3 is 0 Å². The van der Waals surface area contributed by atoms with E-state index in [1.807, 2.05) is 0 Å². The maximum absolute atomic E-state index is 11.2. The van der Waals surface area contributed by atoms with Gasteiger partial charge in [-0.1, -0.05) is 20.8 Å². The summed E-state index contributed by atoms with van der Waals surface area (Å²) in [6, 6.07) is 0.853. The van der Waals surface area contributed by atoms with E-state index in [-0.39, 0.29) is 17.6 Å². The summed E-state index contributed by atoms with van der Waals surface area (Å²) in [6.07, 6.45) is 10.7. The Balaban J connectivity index is 1.28. The Morgan fingerprint density at radius 3 is 2.37 bits per heavy atom. The van der Waals surface area contributed by atoms with Crippen LogP contribution >= 0.6 is 0 Å². The summed E-state index contributed by atoms with van der Waals surface area (Å²) in [4.78, 5) is 2.92. The van der Waals surface area contributed by atoms with Crippen molar-refractivity contribution >= 4 is 0 Å². The number of aliphatic hydroxyl groups excluding tert-OH is 2. The molecule has 0 amide bonds. The average Bonchev–Trinajstić information content (AvgIpc) is 3.09. The van der Waals surface area contributed by atoms with Crippen LogP contribution in [0, 0.1) is 58.7 Å². The van der Waals surface area contributed by atoms with Crippen LogP contribution in [0.1, 0.15) is 78.6 Å². The van der Waals surface area contributed by atoms with Crippen molar-refractivity contribution in [2.45, 2.75) is 96.8 Å². The van der Waals surface area contributed by atoms with Crippen LogP contribution in [0.4, 0.5) is 0 Å². The zero-order valence-electron chi connectivity index (χ0n) is 19.5. The molecule has 6 fully saturated rings. The summed E-state index contributed by atoms with van der Waals surface area (Å²) in [5.41, 5.74) is 0.261. The van der Waals surface area contributed by atoms with Gasteiger partial charge < -0.3 is 10.2 Å². The van der Waals surface area contributed by atoms with Crippen molar-refractivity contribution in [3.8, 4) is 0 Å². The van der Waals surface area contributed by atoms with Crippen molar-refractivity contribution in [2.24, 2.45) is 58.7 Å². The third kappa shape index (κ3) is 2.86. The van der Waals surface area contributed by atoms with Crippen molar-refractivity contribution < 1.29 is 10.2 Å². The summed E-state index contributed by atoms with van der Waals surface area (Å²) in [5, 5.41) is 21.5. The smallest absolute Gasteiger partial charge is 0.0577 e. The first-order valence-corrected chi connectivity index (χ1v) is 13.5. The minimum absolute atomic E-state index is 0.180. The molecule has 4 saturated carbocycles. The first-order valence-electron chi connectivity index (χ1n) is 13.5. The number of fused-ring (bicyclic) bond motifs is 8. The van der Waals surface area contributed by atoms with Crippen LogP contribution in [-0.2, 0) is 0 Å². The summed E-state index contributed by atoms with van der Waals surface area (Å²) in [5.74, 6) is 7.22. The van der Waals surface area contributed by atoms with Gasteiger partial charge in [0.15, 0.2) is 0 Å². The largest absolute Gasteiger partial charge is 0.393 e. The molecule has 2 heterocycles. The van der Waals surface area contributed by atoms with Gasteiger partial charge in [0.25, 0.3) is 0 Å². The number of nitrogens with zero attached hydrogens (tertiary/aromatic N) is 1. The van der Waals surface area contributed by atoms with Crippen LogP contribution in [0.15, 0.2) is 0 Å². The highest BCUT2D eigenvalue weighted by molar-refractivity contribution is 5.12. The van der Waals surface area contributed by atoms with E-state index in [1.54, 1.807) is 0 Å². The second-order valence-electron chi connectivity index (χ2n) is 13.1. The van der Waals surface area contributed by atoms with Crippen LogP contribution in [0.25, 0.3) is 0 Å². The van der Waals surface area contributed by atoms with Gasteiger partial charge in [-0.25, -0.2) is 0 Å². The topological polar surface area (TPSA) is 43.7 Å². The molecule has 6 rings (SSSR count). The fraction of sp³-hybridized carbons (Fsp3) is 1.00. The molecule has 0 unspecified atom stereocenters. The lowest BCUT2D eigenvalue weighted by molar-refractivity contribution is -0.130. The van der Waals surface area contributed by atoms with Crippen LogP contribution in [0.5, 0.6) is 0 Å². The molecular formula is C27H45NO2. The number of piperidine rings is 2. The lowest BCUT2D eigenvalue weighted by atomic mass is 9.51. The number of aliphatic hydroxyl groups is 2. The molecule has 30 heavy (non-hydrogen) atoms. The molecule has 0 aromatic carbocycles. The fourth-order valence-electron chi connectivity index (χ4n) is 10.6. The zero-order valence-corrected chi connectivity index (χ0v) is 19.5. The Bertz CT molecular complexity index is 665. The van der Waals surface area contributed by atoms with E-state index < -0.39 is 0 Å². The predicted octanol–water partition coefficient (Wildman–Crippen LogP) is 4.56. The van der Waals surface area contributed by atoms with Crippen molar-refractivity contribution in [3.63, 3.8) is 0 Å². The van der Waals surface area contributed by atoms with Gasteiger partial charge in [0.05, 0.1) is 12.2 Å². The SMILES string of the molecule is C[C@@H]1CC[C@H]2[C@H](C)[C@@H]3CC[C@H]4[C@H](C[C@@H]5[C@H]4C[C@H](O)[C@H]4C[C@@H](O)CC[C@]54C)[C@@H]3CN2C1. The van der Waals surface area contributed by atoms with E-state index in [0.717, 1.165) is 79.1 Å². The number of hydrogen-bond donors (Lipinski definition) is 2. The molecular weight excluding hydrogens is 370 g/mol. The Hall–Kier alpha value is -0.120. The van der Waals surface area contributed by atoms with E-state index in [2.05, 4.69) is 25.7 Å². The van der Waals surface area contributed by atoms with E-state index >= 15 is 0 Å². The van der Waals surface area contributed by atoms with Crippen molar-refractivity contribution in [2.75, 3.05) is 13.1 Å². The maximum Gasteiger partial charge on any atom is 0.0577 e. The fourth-order valence-corrected chi connectivity index (χ4v) is 10.6. The molecule has 0 radical (unpaired) electrons. The monoisotopic (exact) mass is 415 g/mol. The number of hydrogen-bond acceptors (Lipinski definition) is 3. The first-order chi connectivity index (χ1) is 14.4. The molecule has 2 aliphatic heterocycles. The van der Waals surface area contributed by atoms with Crippen LogP contribution in [-0.4, -0.2) is 46.5 Å².